The summed E-state index contributed by atoms with van der Waals surface area (Å²) in [4.78, 5) is 8.11. The van der Waals surface area contributed by atoms with Gasteiger partial charge in [-0.15, -0.1) is 11.3 Å². The number of hydrogen-bond donors (Lipinski definition) is 1. The van der Waals surface area contributed by atoms with Gasteiger partial charge in [-0.05, 0) is 36.6 Å². The zero-order chi connectivity index (χ0) is 15.5. The molecule has 0 bridgehead atoms. The Morgan fingerprint density at radius 1 is 1.45 bits per heavy atom. The van der Waals surface area contributed by atoms with E-state index in [1.54, 1.807) is 11.3 Å². The highest BCUT2D eigenvalue weighted by molar-refractivity contribution is 7.10. The van der Waals surface area contributed by atoms with Crippen LogP contribution in [-0.2, 0) is 6.42 Å². The topological polar surface area (TPSA) is 49.2 Å². The highest BCUT2D eigenvalue weighted by Gasteiger charge is 2.29. The van der Waals surface area contributed by atoms with Crippen LogP contribution in [0.5, 0.6) is 0 Å². The molecule has 0 aromatic carbocycles. The van der Waals surface area contributed by atoms with Crippen LogP contribution in [0.15, 0.2) is 17.5 Å². The van der Waals surface area contributed by atoms with Gasteiger partial charge in [-0.1, -0.05) is 19.9 Å². The van der Waals surface area contributed by atoms with Crippen LogP contribution in [-0.4, -0.2) is 27.1 Å². The largest absolute Gasteiger partial charge is 0.387 e. The zero-order valence-electron chi connectivity index (χ0n) is 13.1. The minimum atomic E-state index is -0.367. The molecule has 1 aliphatic rings. The number of aromatic nitrogens is 2. The van der Waals surface area contributed by atoms with Crippen molar-refractivity contribution in [1.29, 1.82) is 0 Å². The molecule has 0 saturated carbocycles. The van der Waals surface area contributed by atoms with Gasteiger partial charge in [-0.2, -0.15) is 4.37 Å². The second-order valence-corrected chi connectivity index (χ2v) is 8.06. The van der Waals surface area contributed by atoms with Crippen molar-refractivity contribution < 1.29 is 5.11 Å². The number of thiophene rings is 1. The van der Waals surface area contributed by atoms with Crippen molar-refractivity contribution in [3.05, 3.63) is 28.2 Å². The number of nitrogens with zero attached hydrogens (tertiary/aromatic N) is 3. The average molecular weight is 338 g/mol. The maximum absolute atomic E-state index is 10.4. The van der Waals surface area contributed by atoms with Crippen molar-refractivity contribution in [2.24, 2.45) is 5.92 Å². The Bertz CT molecular complexity index is 582. The first-order valence-electron chi connectivity index (χ1n) is 7.94. The summed E-state index contributed by atoms with van der Waals surface area (Å²) >= 11 is 3.13. The predicted octanol–water partition coefficient (Wildman–Crippen LogP) is 3.89. The molecule has 22 heavy (non-hydrogen) atoms. The Hall–Kier alpha value is -0.980. The van der Waals surface area contributed by atoms with Crippen molar-refractivity contribution in [3.63, 3.8) is 0 Å². The van der Waals surface area contributed by atoms with Crippen LogP contribution in [0.3, 0.4) is 0 Å². The Morgan fingerprint density at radius 3 is 3.05 bits per heavy atom. The van der Waals surface area contributed by atoms with E-state index in [9.17, 15) is 5.11 Å². The first-order chi connectivity index (χ1) is 10.6. The normalized spacial score (nSPS) is 20.0. The molecule has 1 aliphatic heterocycles. The third kappa shape index (κ3) is 3.67. The van der Waals surface area contributed by atoms with E-state index in [1.165, 1.54) is 18.0 Å². The highest BCUT2D eigenvalue weighted by atomic mass is 32.1. The van der Waals surface area contributed by atoms with Gasteiger partial charge in [-0.25, -0.2) is 4.98 Å². The monoisotopic (exact) mass is 337 g/mol. The quantitative estimate of drug-likeness (QED) is 0.869. The van der Waals surface area contributed by atoms with Gasteiger partial charge in [0, 0.05) is 35.4 Å². The second-order valence-electron chi connectivity index (χ2n) is 6.35. The van der Waals surface area contributed by atoms with E-state index in [0.29, 0.717) is 12.0 Å². The van der Waals surface area contributed by atoms with Gasteiger partial charge < -0.3 is 10.0 Å². The van der Waals surface area contributed by atoms with Crippen LogP contribution >= 0.6 is 22.9 Å². The number of hydrogen-bond acceptors (Lipinski definition) is 6. The van der Waals surface area contributed by atoms with Crippen molar-refractivity contribution in [3.8, 4) is 0 Å². The van der Waals surface area contributed by atoms with Crippen LogP contribution in [0.1, 0.15) is 49.9 Å². The maximum Gasteiger partial charge on any atom is 0.205 e. The first kappa shape index (κ1) is 15.9. The number of anilines is 1. The van der Waals surface area contributed by atoms with Crippen molar-refractivity contribution in [2.75, 3.05) is 11.4 Å². The van der Waals surface area contributed by atoms with Gasteiger partial charge >= 0.3 is 0 Å². The fourth-order valence-corrected chi connectivity index (χ4v) is 4.52. The molecule has 0 radical (unpaired) electrons. The van der Waals surface area contributed by atoms with Crippen LogP contribution in [0, 0.1) is 5.92 Å². The molecule has 2 unspecified atom stereocenters. The van der Waals surface area contributed by atoms with Crippen LogP contribution in [0.4, 0.5) is 5.13 Å². The molecule has 1 N–H and O–H groups in total. The summed E-state index contributed by atoms with van der Waals surface area (Å²) in [6, 6.07) is 4.38. The maximum atomic E-state index is 10.4. The lowest BCUT2D eigenvalue weighted by Gasteiger charge is -2.25. The SMILES string of the molecule is CC(C)Cc1nsc(N2CCCC2CC(O)c2cccs2)n1. The van der Waals surface area contributed by atoms with Crippen LogP contribution in [0.2, 0.25) is 0 Å². The molecule has 3 rings (SSSR count). The molecule has 2 aromatic rings. The molecule has 2 atom stereocenters. The van der Waals surface area contributed by atoms with E-state index in [-0.39, 0.29) is 6.10 Å². The van der Waals surface area contributed by atoms with E-state index < -0.39 is 0 Å². The summed E-state index contributed by atoms with van der Waals surface area (Å²) in [5.41, 5.74) is 0. The molecule has 3 heterocycles. The standard InChI is InChI=1S/C16H23N3OS2/c1-11(2)9-15-17-16(22-18-15)19-7-3-5-12(19)10-13(20)14-6-4-8-21-14/h4,6,8,11-13,20H,3,5,7,9-10H2,1-2H3. The van der Waals surface area contributed by atoms with E-state index in [4.69, 9.17) is 4.98 Å². The van der Waals surface area contributed by atoms with Crippen molar-refractivity contribution in [1.82, 2.24) is 9.36 Å². The number of rotatable bonds is 6. The summed E-state index contributed by atoms with van der Waals surface area (Å²) in [5, 5.41) is 13.5. The van der Waals surface area contributed by atoms with Gasteiger partial charge in [-0.3, -0.25) is 0 Å². The summed E-state index contributed by atoms with van der Waals surface area (Å²) in [6.45, 7) is 5.41. The number of aliphatic hydroxyl groups is 1. The summed E-state index contributed by atoms with van der Waals surface area (Å²) in [5.74, 6) is 1.54. The summed E-state index contributed by atoms with van der Waals surface area (Å²) < 4.78 is 4.49. The molecule has 4 nitrogen and oxygen atoms in total. The number of aliphatic hydroxyl groups excluding tert-OH is 1. The Labute approximate surface area is 140 Å². The first-order valence-corrected chi connectivity index (χ1v) is 9.59. The Balaban J connectivity index is 1.66. The lowest BCUT2D eigenvalue weighted by Crippen LogP contribution is -2.30. The van der Waals surface area contributed by atoms with Gasteiger partial charge in [0.2, 0.25) is 5.13 Å². The van der Waals surface area contributed by atoms with Crippen LogP contribution in [0.25, 0.3) is 0 Å². The van der Waals surface area contributed by atoms with Gasteiger partial charge in [0.25, 0.3) is 0 Å². The molecular formula is C16H23N3OS2. The van der Waals surface area contributed by atoms with Crippen molar-refractivity contribution in [2.45, 2.75) is 51.7 Å². The van der Waals surface area contributed by atoms with E-state index in [0.717, 1.165) is 41.6 Å². The minimum absolute atomic E-state index is 0.367. The van der Waals surface area contributed by atoms with Gasteiger partial charge in [0.05, 0.1) is 6.10 Å². The fourth-order valence-electron chi connectivity index (χ4n) is 3.00. The van der Waals surface area contributed by atoms with Crippen LogP contribution < -0.4 is 4.90 Å². The van der Waals surface area contributed by atoms with E-state index >= 15 is 0 Å². The van der Waals surface area contributed by atoms with E-state index in [2.05, 4.69) is 23.1 Å². The Kier molecular flexibility index (Phi) is 5.10. The fraction of sp³-hybridized carbons (Fsp3) is 0.625. The smallest absolute Gasteiger partial charge is 0.205 e. The predicted molar refractivity (Wildman–Crippen MR) is 92.7 cm³/mol. The molecule has 2 aromatic heterocycles. The molecule has 1 saturated heterocycles. The lowest BCUT2D eigenvalue weighted by molar-refractivity contribution is 0.162. The molecule has 1 fully saturated rings. The highest BCUT2D eigenvalue weighted by Crippen LogP contribution is 2.33. The molecule has 0 spiro atoms. The molecule has 6 heteroatoms. The minimum Gasteiger partial charge on any atom is -0.387 e. The molecule has 0 aliphatic carbocycles. The third-order valence-electron chi connectivity index (χ3n) is 4.04. The van der Waals surface area contributed by atoms with E-state index in [1.807, 2.05) is 17.5 Å². The van der Waals surface area contributed by atoms with Gasteiger partial charge in [0.1, 0.15) is 5.82 Å². The van der Waals surface area contributed by atoms with Gasteiger partial charge in [0.15, 0.2) is 0 Å². The third-order valence-corrected chi connectivity index (χ3v) is 5.80. The summed E-state index contributed by atoms with van der Waals surface area (Å²) in [7, 11) is 0. The Morgan fingerprint density at radius 2 is 2.32 bits per heavy atom. The molecular weight excluding hydrogens is 314 g/mol. The zero-order valence-corrected chi connectivity index (χ0v) is 14.7. The van der Waals surface area contributed by atoms with Crippen molar-refractivity contribution >= 4 is 28.0 Å². The summed E-state index contributed by atoms with van der Waals surface area (Å²) in [6.07, 6.45) is 3.64. The lowest BCUT2D eigenvalue weighted by atomic mass is 10.1. The molecule has 0 amide bonds. The second kappa shape index (κ2) is 7.06. The molecule has 120 valence electrons. The average Bonchev–Trinajstić information content (AvgIpc) is 3.18.